The van der Waals surface area contributed by atoms with Gasteiger partial charge in [-0.25, -0.2) is 8.42 Å². The van der Waals surface area contributed by atoms with Crippen molar-refractivity contribution in [2.75, 3.05) is 10.5 Å². The van der Waals surface area contributed by atoms with Crippen molar-refractivity contribution in [1.29, 1.82) is 0 Å². The molecule has 0 heterocycles. The van der Waals surface area contributed by atoms with E-state index < -0.39 is 10.0 Å². The van der Waals surface area contributed by atoms with E-state index >= 15 is 0 Å². The molecule has 2 rings (SSSR count). The van der Waals surface area contributed by atoms with E-state index in [1.807, 2.05) is 0 Å². The lowest BCUT2D eigenvalue weighted by Crippen LogP contribution is -2.15. The Kier molecular flexibility index (Phi) is 4.42. The molecular weight excluding hydrogens is 319 g/mol. The van der Waals surface area contributed by atoms with Crippen LogP contribution in [-0.4, -0.2) is 8.42 Å². The quantitative estimate of drug-likeness (QED) is 0.842. The first-order valence-corrected chi connectivity index (χ1v) is 8.07. The second-order valence-corrected chi connectivity index (χ2v) is 6.72. The van der Waals surface area contributed by atoms with Crippen LogP contribution in [0, 0.1) is 0 Å². The number of sulfonamides is 1. The van der Waals surface area contributed by atoms with Gasteiger partial charge in [0.15, 0.2) is 0 Å². The van der Waals surface area contributed by atoms with E-state index in [1.165, 1.54) is 0 Å². The minimum Gasteiger partial charge on any atom is -0.399 e. The first-order chi connectivity index (χ1) is 9.37. The van der Waals surface area contributed by atoms with E-state index in [9.17, 15) is 8.42 Å². The first-order valence-electron chi connectivity index (χ1n) is 5.66. The largest absolute Gasteiger partial charge is 0.399 e. The fourth-order valence-corrected chi connectivity index (χ4v) is 3.29. The van der Waals surface area contributed by atoms with Crippen molar-refractivity contribution in [1.82, 2.24) is 0 Å². The predicted molar refractivity (Wildman–Crippen MR) is 83.6 cm³/mol. The van der Waals surface area contributed by atoms with E-state index in [4.69, 9.17) is 28.9 Å². The van der Waals surface area contributed by atoms with Crippen LogP contribution in [-0.2, 0) is 15.8 Å². The van der Waals surface area contributed by atoms with Gasteiger partial charge in [-0.15, -0.1) is 0 Å². The molecule has 20 heavy (non-hydrogen) atoms. The summed E-state index contributed by atoms with van der Waals surface area (Å²) in [6.07, 6.45) is 0. The highest BCUT2D eigenvalue weighted by atomic mass is 35.5. The lowest BCUT2D eigenvalue weighted by molar-refractivity contribution is 0.600. The molecule has 0 radical (unpaired) electrons. The van der Waals surface area contributed by atoms with E-state index in [-0.39, 0.29) is 21.5 Å². The van der Waals surface area contributed by atoms with Gasteiger partial charge in [-0.3, -0.25) is 4.72 Å². The summed E-state index contributed by atoms with van der Waals surface area (Å²) in [6.45, 7) is 0. The number of hydrogen-bond donors (Lipinski definition) is 2. The van der Waals surface area contributed by atoms with Crippen LogP contribution in [0.25, 0.3) is 0 Å². The summed E-state index contributed by atoms with van der Waals surface area (Å²) in [4.78, 5) is 0. The summed E-state index contributed by atoms with van der Waals surface area (Å²) in [5, 5.41) is 0.459. The zero-order valence-electron chi connectivity index (χ0n) is 10.3. The molecule has 0 aromatic heterocycles. The van der Waals surface area contributed by atoms with Crippen molar-refractivity contribution in [2.24, 2.45) is 0 Å². The molecule has 7 heteroatoms. The lowest BCUT2D eigenvalue weighted by atomic mass is 10.2. The minimum atomic E-state index is -3.59. The van der Waals surface area contributed by atoms with Gasteiger partial charge in [0.25, 0.3) is 0 Å². The molecule has 0 fully saturated rings. The standard InChI is InChI=1S/C13H12Cl2N2O2S/c14-11-5-2-6-12(13(11)15)17-20(18,19)8-9-3-1-4-10(16)7-9/h1-7,17H,8,16H2. The molecule has 0 aliphatic heterocycles. The zero-order chi connectivity index (χ0) is 14.8. The summed E-state index contributed by atoms with van der Waals surface area (Å²) in [7, 11) is -3.59. The monoisotopic (exact) mass is 330 g/mol. The van der Waals surface area contributed by atoms with Gasteiger partial charge in [0.05, 0.1) is 21.5 Å². The number of halogens is 2. The number of nitrogens with two attached hydrogens (primary N) is 1. The van der Waals surface area contributed by atoms with E-state index in [0.717, 1.165) is 0 Å². The second-order valence-electron chi connectivity index (χ2n) is 4.21. The molecule has 0 spiro atoms. The molecule has 0 atom stereocenters. The number of benzene rings is 2. The van der Waals surface area contributed by atoms with Crippen molar-refractivity contribution < 1.29 is 8.42 Å². The van der Waals surface area contributed by atoms with E-state index in [2.05, 4.69) is 4.72 Å². The van der Waals surface area contributed by atoms with Gasteiger partial charge in [-0.05, 0) is 29.8 Å². The number of hydrogen-bond acceptors (Lipinski definition) is 3. The summed E-state index contributed by atoms with van der Waals surface area (Å²) in [6, 6.07) is 11.4. The fraction of sp³-hybridized carbons (Fsp3) is 0.0769. The zero-order valence-corrected chi connectivity index (χ0v) is 12.6. The Balaban J connectivity index is 2.21. The van der Waals surface area contributed by atoms with Crippen LogP contribution >= 0.6 is 23.2 Å². The summed E-state index contributed by atoms with van der Waals surface area (Å²) < 4.78 is 26.6. The third-order valence-electron chi connectivity index (χ3n) is 2.52. The Morgan fingerprint density at radius 2 is 1.80 bits per heavy atom. The van der Waals surface area contributed by atoms with Gasteiger partial charge < -0.3 is 5.73 Å². The van der Waals surface area contributed by atoms with Gasteiger partial charge in [-0.2, -0.15) is 0 Å². The summed E-state index contributed by atoms with van der Waals surface area (Å²) in [5.74, 6) is -0.194. The molecule has 0 aliphatic rings. The Hall–Kier alpha value is -1.43. The van der Waals surface area contributed by atoms with Crippen molar-refractivity contribution in [3.63, 3.8) is 0 Å². The van der Waals surface area contributed by atoms with Crippen LogP contribution in [0.3, 0.4) is 0 Å². The molecule has 0 bridgehead atoms. The van der Waals surface area contributed by atoms with Crippen LogP contribution in [0.5, 0.6) is 0 Å². The van der Waals surface area contributed by atoms with Gasteiger partial charge in [0.2, 0.25) is 10.0 Å². The van der Waals surface area contributed by atoms with Crippen LogP contribution in [0.1, 0.15) is 5.56 Å². The fourth-order valence-electron chi connectivity index (χ4n) is 1.69. The van der Waals surface area contributed by atoms with Gasteiger partial charge >= 0.3 is 0 Å². The maximum Gasteiger partial charge on any atom is 0.236 e. The maximum atomic E-state index is 12.1. The lowest BCUT2D eigenvalue weighted by Gasteiger charge is -2.10. The Bertz CT molecular complexity index is 733. The van der Waals surface area contributed by atoms with Gasteiger partial charge in [0.1, 0.15) is 0 Å². The molecule has 0 aliphatic carbocycles. The van der Waals surface area contributed by atoms with Crippen molar-refractivity contribution in [2.45, 2.75) is 5.75 Å². The average Bonchev–Trinajstić information content (AvgIpc) is 2.34. The van der Waals surface area contributed by atoms with Crippen molar-refractivity contribution in [3.05, 3.63) is 58.1 Å². The van der Waals surface area contributed by atoms with Crippen molar-refractivity contribution in [3.8, 4) is 0 Å². The maximum absolute atomic E-state index is 12.1. The van der Waals surface area contributed by atoms with Gasteiger partial charge in [-0.1, -0.05) is 41.4 Å². The topological polar surface area (TPSA) is 72.2 Å². The molecule has 2 aromatic carbocycles. The van der Waals surface area contributed by atoms with Crippen molar-refractivity contribution >= 4 is 44.6 Å². The van der Waals surface area contributed by atoms with Crippen LogP contribution in [0.15, 0.2) is 42.5 Å². The van der Waals surface area contributed by atoms with Gasteiger partial charge in [0, 0.05) is 5.69 Å². The Labute approximate surface area is 127 Å². The Morgan fingerprint density at radius 1 is 1.10 bits per heavy atom. The molecule has 0 saturated heterocycles. The molecule has 0 amide bonds. The summed E-state index contributed by atoms with van der Waals surface area (Å²) in [5.41, 5.74) is 6.98. The SMILES string of the molecule is Nc1cccc(CS(=O)(=O)Nc2cccc(Cl)c2Cl)c1. The minimum absolute atomic E-state index is 0.172. The van der Waals surface area contributed by atoms with Crippen LogP contribution in [0.2, 0.25) is 10.0 Å². The van der Waals surface area contributed by atoms with E-state index in [1.54, 1.807) is 42.5 Å². The number of rotatable bonds is 4. The first kappa shape index (κ1) is 15.0. The number of nitrogens with one attached hydrogen (secondary N) is 1. The summed E-state index contributed by atoms with van der Waals surface area (Å²) >= 11 is 11.8. The molecule has 106 valence electrons. The third-order valence-corrected chi connectivity index (χ3v) is 4.59. The highest BCUT2D eigenvalue weighted by Crippen LogP contribution is 2.30. The molecule has 0 unspecified atom stereocenters. The molecule has 3 N–H and O–H groups in total. The van der Waals surface area contributed by atoms with E-state index in [0.29, 0.717) is 11.3 Å². The molecular formula is C13H12Cl2N2O2S. The van der Waals surface area contributed by atoms with Crippen LogP contribution < -0.4 is 10.5 Å². The molecule has 0 saturated carbocycles. The second kappa shape index (κ2) is 5.91. The Morgan fingerprint density at radius 3 is 2.50 bits per heavy atom. The van der Waals surface area contributed by atoms with Crippen LogP contribution in [0.4, 0.5) is 11.4 Å². The predicted octanol–water partition coefficient (Wildman–Crippen LogP) is 3.52. The normalized spacial score (nSPS) is 11.3. The number of anilines is 2. The highest BCUT2D eigenvalue weighted by molar-refractivity contribution is 7.91. The third kappa shape index (κ3) is 3.79. The molecule has 4 nitrogen and oxygen atoms in total. The number of nitrogen functional groups attached to an aromatic ring is 1. The smallest absolute Gasteiger partial charge is 0.236 e. The highest BCUT2D eigenvalue weighted by Gasteiger charge is 2.14. The molecule has 2 aromatic rings. The average molecular weight is 331 g/mol.